The van der Waals surface area contributed by atoms with Crippen molar-refractivity contribution in [2.24, 2.45) is 0 Å². The van der Waals surface area contributed by atoms with Gasteiger partial charge in [-0.3, -0.25) is 0 Å². The smallest absolute Gasteiger partial charge is 0.213 e. The van der Waals surface area contributed by atoms with E-state index in [2.05, 4.69) is 20.9 Å². The first-order chi connectivity index (χ1) is 14.2. The first-order valence-corrected chi connectivity index (χ1v) is 9.31. The predicted molar refractivity (Wildman–Crippen MR) is 106 cm³/mol. The fraction of sp³-hybridized carbons (Fsp3) is 0.227. The van der Waals surface area contributed by atoms with Crippen LogP contribution >= 0.6 is 0 Å². The van der Waals surface area contributed by atoms with Crippen LogP contribution in [0.3, 0.4) is 0 Å². The third-order valence-electron chi connectivity index (χ3n) is 4.90. The summed E-state index contributed by atoms with van der Waals surface area (Å²) in [7, 11) is 0. The molecule has 146 valence electrons. The maximum absolute atomic E-state index is 13.0. The molecule has 1 atom stereocenters. The van der Waals surface area contributed by atoms with Crippen molar-refractivity contribution in [1.82, 2.24) is 9.97 Å². The van der Waals surface area contributed by atoms with Gasteiger partial charge in [-0.25, -0.2) is 14.4 Å². The molecule has 7 heteroatoms. The maximum atomic E-state index is 13.0. The second-order valence-corrected chi connectivity index (χ2v) is 6.77. The second-order valence-electron chi connectivity index (χ2n) is 6.77. The SMILES string of the molecule is N#Cc1ccccc1-c1ccc(N2CC[C@H](Oc3ccc(F)cn3)C2)c(CO)n1. The summed E-state index contributed by atoms with van der Waals surface area (Å²) >= 11 is 0. The molecule has 0 unspecified atom stereocenters. The normalized spacial score (nSPS) is 15.9. The Hall–Kier alpha value is -3.50. The topological polar surface area (TPSA) is 82.3 Å². The molecule has 1 aliphatic rings. The van der Waals surface area contributed by atoms with Gasteiger partial charge in [0.2, 0.25) is 5.88 Å². The van der Waals surface area contributed by atoms with Gasteiger partial charge >= 0.3 is 0 Å². The quantitative estimate of drug-likeness (QED) is 0.720. The number of hydrogen-bond acceptors (Lipinski definition) is 6. The largest absolute Gasteiger partial charge is 0.472 e. The van der Waals surface area contributed by atoms with Gasteiger partial charge in [0.1, 0.15) is 11.9 Å². The number of aliphatic hydroxyl groups is 1. The van der Waals surface area contributed by atoms with Gasteiger partial charge in [-0.15, -0.1) is 0 Å². The van der Waals surface area contributed by atoms with Gasteiger partial charge in [-0.05, 0) is 24.3 Å². The Kier molecular flexibility index (Phi) is 5.36. The van der Waals surface area contributed by atoms with Crippen molar-refractivity contribution in [2.45, 2.75) is 19.1 Å². The number of pyridine rings is 2. The highest BCUT2D eigenvalue weighted by atomic mass is 19.1. The molecular formula is C22H19FN4O2. The van der Waals surface area contributed by atoms with Crippen LogP contribution in [0.15, 0.2) is 54.7 Å². The number of benzene rings is 1. The lowest BCUT2D eigenvalue weighted by Crippen LogP contribution is -2.26. The monoisotopic (exact) mass is 390 g/mol. The summed E-state index contributed by atoms with van der Waals surface area (Å²) in [5, 5.41) is 19.2. The van der Waals surface area contributed by atoms with Gasteiger partial charge in [-0.1, -0.05) is 18.2 Å². The minimum atomic E-state index is -0.401. The van der Waals surface area contributed by atoms with E-state index in [0.29, 0.717) is 29.4 Å². The van der Waals surface area contributed by atoms with E-state index < -0.39 is 5.82 Å². The average molecular weight is 390 g/mol. The van der Waals surface area contributed by atoms with Gasteiger partial charge in [0.05, 0.1) is 48.1 Å². The molecule has 3 heterocycles. The zero-order valence-electron chi connectivity index (χ0n) is 15.6. The fourth-order valence-corrected chi connectivity index (χ4v) is 3.50. The highest BCUT2D eigenvalue weighted by Crippen LogP contribution is 2.29. The number of aliphatic hydroxyl groups excluding tert-OH is 1. The average Bonchev–Trinajstić information content (AvgIpc) is 3.23. The minimum Gasteiger partial charge on any atom is -0.472 e. The van der Waals surface area contributed by atoms with Crippen LogP contribution in [0.4, 0.5) is 10.1 Å². The molecule has 1 saturated heterocycles. The van der Waals surface area contributed by atoms with Crippen LogP contribution in [0.5, 0.6) is 5.88 Å². The molecular weight excluding hydrogens is 371 g/mol. The lowest BCUT2D eigenvalue weighted by molar-refractivity contribution is 0.215. The molecule has 0 radical (unpaired) electrons. The highest BCUT2D eigenvalue weighted by molar-refractivity contribution is 5.69. The van der Waals surface area contributed by atoms with Crippen molar-refractivity contribution in [1.29, 1.82) is 5.26 Å². The van der Waals surface area contributed by atoms with Gasteiger partial charge in [0, 0.05) is 24.6 Å². The van der Waals surface area contributed by atoms with Crippen LogP contribution in [0, 0.1) is 17.1 Å². The van der Waals surface area contributed by atoms with Crippen LogP contribution in [-0.4, -0.2) is 34.3 Å². The Morgan fingerprint density at radius 3 is 2.83 bits per heavy atom. The molecule has 1 aliphatic heterocycles. The number of halogens is 1. The summed E-state index contributed by atoms with van der Waals surface area (Å²) < 4.78 is 18.8. The van der Waals surface area contributed by atoms with Crippen molar-refractivity contribution in [3.05, 3.63) is 71.8 Å². The lowest BCUT2D eigenvalue weighted by atomic mass is 10.0. The summed E-state index contributed by atoms with van der Waals surface area (Å²) in [5.41, 5.74) is 3.32. The van der Waals surface area contributed by atoms with Crippen LogP contribution in [0.1, 0.15) is 17.7 Å². The van der Waals surface area contributed by atoms with Crippen LogP contribution in [0.25, 0.3) is 11.3 Å². The van der Waals surface area contributed by atoms with E-state index in [4.69, 9.17) is 4.74 Å². The molecule has 1 aromatic carbocycles. The highest BCUT2D eigenvalue weighted by Gasteiger charge is 2.26. The fourth-order valence-electron chi connectivity index (χ4n) is 3.50. The molecule has 1 fully saturated rings. The molecule has 0 bridgehead atoms. The molecule has 3 aromatic rings. The zero-order valence-corrected chi connectivity index (χ0v) is 15.6. The summed E-state index contributed by atoms with van der Waals surface area (Å²) in [4.78, 5) is 10.6. The molecule has 0 spiro atoms. The third-order valence-corrected chi connectivity index (χ3v) is 4.90. The second kappa shape index (κ2) is 8.25. The predicted octanol–water partition coefficient (Wildman–Crippen LogP) is 3.30. The van der Waals surface area contributed by atoms with Gasteiger partial charge in [0.15, 0.2) is 0 Å². The van der Waals surface area contributed by atoms with Crippen molar-refractivity contribution in [2.75, 3.05) is 18.0 Å². The maximum Gasteiger partial charge on any atom is 0.213 e. The first-order valence-electron chi connectivity index (χ1n) is 9.31. The number of hydrogen-bond donors (Lipinski definition) is 1. The number of anilines is 1. The standard InChI is InChI=1S/C22H19FN4O2/c23-16-5-8-22(25-12-16)29-17-9-10-27(13-17)21-7-6-19(26-20(21)14-28)18-4-2-1-3-15(18)11-24/h1-8,12,17,28H,9-10,13-14H2/t17-/m0/s1. The Morgan fingerprint density at radius 2 is 2.07 bits per heavy atom. The van der Waals surface area contributed by atoms with E-state index in [9.17, 15) is 14.8 Å². The van der Waals surface area contributed by atoms with E-state index in [0.717, 1.165) is 30.4 Å². The number of ether oxygens (including phenoxy) is 1. The molecule has 2 aromatic heterocycles. The number of nitriles is 1. The summed E-state index contributed by atoms with van der Waals surface area (Å²) in [6, 6.07) is 16.0. The Balaban J connectivity index is 1.53. The van der Waals surface area contributed by atoms with E-state index in [1.165, 1.54) is 12.1 Å². The zero-order chi connectivity index (χ0) is 20.2. The van der Waals surface area contributed by atoms with Crippen molar-refractivity contribution in [3.63, 3.8) is 0 Å². The number of rotatable bonds is 5. The molecule has 1 N–H and O–H groups in total. The van der Waals surface area contributed by atoms with Crippen LogP contribution in [-0.2, 0) is 6.61 Å². The van der Waals surface area contributed by atoms with E-state index in [1.54, 1.807) is 6.07 Å². The summed E-state index contributed by atoms with van der Waals surface area (Å²) in [6.45, 7) is 1.15. The Labute approximate surface area is 167 Å². The number of nitrogens with zero attached hydrogens (tertiary/aromatic N) is 4. The molecule has 4 rings (SSSR count). The van der Waals surface area contributed by atoms with Gasteiger partial charge in [-0.2, -0.15) is 5.26 Å². The van der Waals surface area contributed by atoms with Crippen molar-refractivity contribution >= 4 is 5.69 Å². The number of aromatic nitrogens is 2. The third kappa shape index (κ3) is 4.03. The Bertz CT molecular complexity index is 1050. The van der Waals surface area contributed by atoms with Crippen molar-refractivity contribution in [3.8, 4) is 23.2 Å². The molecule has 6 nitrogen and oxygen atoms in total. The summed E-state index contributed by atoms with van der Waals surface area (Å²) in [5.74, 6) is -0.00987. The van der Waals surface area contributed by atoms with Crippen molar-refractivity contribution < 1.29 is 14.2 Å². The lowest BCUT2D eigenvalue weighted by Gasteiger charge is -2.21. The van der Waals surface area contributed by atoms with E-state index in [1.807, 2.05) is 30.3 Å². The first kappa shape index (κ1) is 18.8. The molecule has 0 aliphatic carbocycles. The van der Waals surface area contributed by atoms with Crippen LogP contribution < -0.4 is 9.64 Å². The van der Waals surface area contributed by atoms with Crippen LogP contribution in [0.2, 0.25) is 0 Å². The van der Waals surface area contributed by atoms with Gasteiger partial charge in [0.25, 0.3) is 0 Å². The minimum absolute atomic E-state index is 0.0847. The van der Waals surface area contributed by atoms with E-state index in [-0.39, 0.29) is 12.7 Å². The summed E-state index contributed by atoms with van der Waals surface area (Å²) in [6.07, 6.45) is 1.83. The molecule has 29 heavy (non-hydrogen) atoms. The Morgan fingerprint density at radius 1 is 1.21 bits per heavy atom. The van der Waals surface area contributed by atoms with E-state index >= 15 is 0 Å². The molecule has 0 amide bonds. The van der Waals surface area contributed by atoms with Gasteiger partial charge < -0.3 is 14.7 Å². The molecule has 0 saturated carbocycles.